The Kier molecular flexibility index (Phi) is 3.57. The fourth-order valence-corrected chi connectivity index (χ4v) is 2.51. The summed E-state index contributed by atoms with van der Waals surface area (Å²) >= 11 is 0. The van der Waals surface area contributed by atoms with Crippen molar-refractivity contribution in [3.63, 3.8) is 0 Å². The Morgan fingerprint density at radius 2 is 1.83 bits per heavy atom. The summed E-state index contributed by atoms with van der Waals surface area (Å²) in [6.45, 7) is 4.19. The molecule has 2 unspecified atom stereocenters. The van der Waals surface area contributed by atoms with Crippen molar-refractivity contribution in [2.24, 2.45) is 11.1 Å². The maximum absolute atomic E-state index is 13.1. The van der Waals surface area contributed by atoms with Crippen molar-refractivity contribution in [3.05, 3.63) is 29.8 Å². The van der Waals surface area contributed by atoms with Crippen LogP contribution >= 0.6 is 0 Å². The van der Waals surface area contributed by atoms with Crippen LogP contribution in [-0.4, -0.2) is 12.1 Å². The van der Waals surface area contributed by atoms with E-state index in [9.17, 15) is 8.78 Å². The highest BCUT2D eigenvalue weighted by atomic mass is 19.1. The number of nitrogens with two attached hydrogens (primary N) is 1. The van der Waals surface area contributed by atoms with Crippen LogP contribution in [0.15, 0.2) is 18.2 Å². The lowest BCUT2D eigenvalue weighted by Crippen LogP contribution is -2.51. The first-order valence-electron chi connectivity index (χ1n) is 6.27. The summed E-state index contributed by atoms with van der Waals surface area (Å²) < 4.78 is 31.8. The van der Waals surface area contributed by atoms with E-state index in [0.29, 0.717) is 0 Å². The second-order valence-corrected chi connectivity index (χ2v) is 5.67. The van der Waals surface area contributed by atoms with Crippen LogP contribution in [0.1, 0.15) is 33.1 Å². The number of ether oxygens (including phenoxy) is 1. The van der Waals surface area contributed by atoms with Crippen molar-refractivity contribution in [1.29, 1.82) is 0 Å². The number of benzene rings is 1. The molecule has 2 rings (SSSR count). The van der Waals surface area contributed by atoms with Gasteiger partial charge >= 0.3 is 0 Å². The number of rotatable bonds is 2. The van der Waals surface area contributed by atoms with E-state index in [-0.39, 0.29) is 23.3 Å². The molecular formula is C14H19F2NO. The molecule has 1 aliphatic carbocycles. The average Bonchev–Trinajstić information content (AvgIpc) is 2.23. The highest BCUT2D eigenvalue weighted by Crippen LogP contribution is 2.36. The van der Waals surface area contributed by atoms with Crippen molar-refractivity contribution in [1.82, 2.24) is 0 Å². The fraction of sp³-hybridized carbons (Fsp3) is 0.571. The van der Waals surface area contributed by atoms with E-state index in [4.69, 9.17) is 10.5 Å². The smallest absolute Gasteiger partial charge is 0.129 e. The number of hydrogen-bond donors (Lipinski definition) is 1. The molecule has 0 heterocycles. The summed E-state index contributed by atoms with van der Waals surface area (Å²) in [5.74, 6) is -1.05. The van der Waals surface area contributed by atoms with E-state index in [1.54, 1.807) is 0 Å². The van der Waals surface area contributed by atoms with Crippen LogP contribution in [0.3, 0.4) is 0 Å². The fourth-order valence-electron chi connectivity index (χ4n) is 2.51. The molecule has 0 aliphatic heterocycles. The molecule has 0 aromatic heterocycles. The number of hydrogen-bond acceptors (Lipinski definition) is 2. The number of halogens is 2. The van der Waals surface area contributed by atoms with E-state index >= 15 is 0 Å². The zero-order valence-corrected chi connectivity index (χ0v) is 10.7. The first kappa shape index (κ1) is 13.3. The van der Waals surface area contributed by atoms with Crippen molar-refractivity contribution in [3.8, 4) is 5.75 Å². The predicted molar refractivity (Wildman–Crippen MR) is 66.4 cm³/mol. The Balaban J connectivity index is 2.13. The van der Waals surface area contributed by atoms with Gasteiger partial charge in [0.2, 0.25) is 0 Å². The minimum absolute atomic E-state index is 0.00517. The summed E-state index contributed by atoms with van der Waals surface area (Å²) in [6.07, 6.45) is 2.70. The van der Waals surface area contributed by atoms with Gasteiger partial charge in [-0.2, -0.15) is 0 Å². The van der Waals surface area contributed by atoms with E-state index in [1.807, 2.05) is 0 Å². The quantitative estimate of drug-likeness (QED) is 0.880. The molecule has 0 saturated heterocycles. The van der Waals surface area contributed by atoms with Crippen LogP contribution in [0.2, 0.25) is 0 Å². The standard InChI is InChI=1S/C14H19F2NO/c1-14(2)5-3-4-12(13(14)17)18-11-7-9(15)6-10(16)8-11/h6-8,12-13H,3-5,17H2,1-2H3. The van der Waals surface area contributed by atoms with Gasteiger partial charge in [-0.05, 0) is 24.7 Å². The van der Waals surface area contributed by atoms with Gasteiger partial charge in [0.15, 0.2) is 0 Å². The summed E-state index contributed by atoms with van der Waals surface area (Å²) in [5.41, 5.74) is 6.16. The predicted octanol–water partition coefficient (Wildman–Crippen LogP) is 3.25. The minimum atomic E-state index is -0.631. The molecule has 100 valence electrons. The van der Waals surface area contributed by atoms with E-state index in [1.165, 1.54) is 12.1 Å². The van der Waals surface area contributed by atoms with Crippen LogP contribution in [-0.2, 0) is 0 Å². The van der Waals surface area contributed by atoms with Crippen LogP contribution < -0.4 is 10.5 Å². The Morgan fingerprint density at radius 3 is 2.44 bits per heavy atom. The molecule has 1 fully saturated rings. The second kappa shape index (κ2) is 4.84. The summed E-state index contributed by atoms with van der Waals surface area (Å²) in [7, 11) is 0. The van der Waals surface area contributed by atoms with Crippen molar-refractivity contribution in [2.45, 2.75) is 45.3 Å². The van der Waals surface area contributed by atoms with E-state index in [0.717, 1.165) is 25.3 Å². The van der Waals surface area contributed by atoms with Gasteiger partial charge in [0, 0.05) is 24.2 Å². The van der Waals surface area contributed by atoms with Gasteiger partial charge in [0.1, 0.15) is 23.5 Å². The lowest BCUT2D eigenvalue weighted by Gasteiger charge is -2.41. The molecule has 0 spiro atoms. The normalized spacial score (nSPS) is 26.9. The topological polar surface area (TPSA) is 35.2 Å². The molecule has 4 heteroatoms. The monoisotopic (exact) mass is 255 g/mol. The molecule has 2 N–H and O–H groups in total. The third-order valence-corrected chi connectivity index (χ3v) is 3.74. The van der Waals surface area contributed by atoms with Gasteiger partial charge in [-0.15, -0.1) is 0 Å². The molecule has 0 radical (unpaired) electrons. The van der Waals surface area contributed by atoms with E-state index in [2.05, 4.69) is 13.8 Å². The molecular weight excluding hydrogens is 236 g/mol. The maximum Gasteiger partial charge on any atom is 0.129 e. The third-order valence-electron chi connectivity index (χ3n) is 3.74. The van der Waals surface area contributed by atoms with E-state index < -0.39 is 11.6 Å². The molecule has 2 nitrogen and oxygen atoms in total. The molecule has 2 atom stereocenters. The Bertz CT molecular complexity index is 414. The molecule has 1 saturated carbocycles. The van der Waals surface area contributed by atoms with Crippen molar-refractivity contribution >= 4 is 0 Å². The van der Waals surface area contributed by atoms with Crippen LogP contribution in [0.25, 0.3) is 0 Å². The van der Waals surface area contributed by atoms with Crippen LogP contribution in [0.4, 0.5) is 8.78 Å². The lowest BCUT2D eigenvalue weighted by molar-refractivity contribution is 0.0563. The minimum Gasteiger partial charge on any atom is -0.489 e. The molecule has 1 aromatic rings. The largest absolute Gasteiger partial charge is 0.489 e. The van der Waals surface area contributed by atoms with Crippen molar-refractivity contribution < 1.29 is 13.5 Å². The molecule has 0 bridgehead atoms. The van der Waals surface area contributed by atoms with Crippen LogP contribution in [0, 0.1) is 17.0 Å². The molecule has 0 amide bonds. The maximum atomic E-state index is 13.1. The van der Waals surface area contributed by atoms with Gasteiger partial charge in [-0.3, -0.25) is 0 Å². The van der Waals surface area contributed by atoms with Gasteiger partial charge in [-0.25, -0.2) is 8.78 Å². The SMILES string of the molecule is CC1(C)CCCC(Oc2cc(F)cc(F)c2)C1N. The highest BCUT2D eigenvalue weighted by molar-refractivity contribution is 5.24. The third kappa shape index (κ3) is 2.80. The highest BCUT2D eigenvalue weighted by Gasteiger charge is 2.37. The first-order chi connectivity index (χ1) is 8.38. The first-order valence-corrected chi connectivity index (χ1v) is 6.27. The average molecular weight is 255 g/mol. The van der Waals surface area contributed by atoms with Gasteiger partial charge in [0.05, 0.1) is 0 Å². The zero-order valence-electron chi connectivity index (χ0n) is 10.7. The molecule has 1 aliphatic rings. The summed E-state index contributed by atoms with van der Waals surface area (Å²) in [4.78, 5) is 0. The Labute approximate surface area is 106 Å². The summed E-state index contributed by atoms with van der Waals surface area (Å²) in [6, 6.07) is 3.09. The molecule has 18 heavy (non-hydrogen) atoms. The van der Waals surface area contributed by atoms with Gasteiger partial charge < -0.3 is 10.5 Å². The van der Waals surface area contributed by atoms with Crippen LogP contribution in [0.5, 0.6) is 5.75 Å². The second-order valence-electron chi connectivity index (χ2n) is 5.67. The zero-order chi connectivity index (χ0) is 13.3. The van der Waals surface area contributed by atoms with Gasteiger partial charge in [0.25, 0.3) is 0 Å². The molecule has 1 aromatic carbocycles. The summed E-state index contributed by atoms with van der Waals surface area (Å²) in [5, 5.41) is 0. The Morgan fingerprint density at radius 1 is 1.22 bits per heavy atom. The van der Waals surface area contributed by atoms with Gasteiger partial charge in [-0.1, -0.05) is 13.8 Å². The van der Waals surface area contributed by atoms with Crippen molar-refractivity contribution in [2.75, 3.05) is 0 Å². The lowest BCUT2D eigenvalue weighted by atomic mass is 9.72. The Hall–Kier alpha value is -1.16.